The fourth-order valence-corrected chi connectivity index (χ4v) is 2.58. The van der Waals surface area contributed by atoms with Crippen LogP contribution in [0.5, 0.6) is 17.2 Å². The van der Waals surface area contributed by atoms with Crippen molar-refractivity contribution in [2.45, 2.75) is 19.4 Å². The van der Waals surface area contributed by atoms with Crippen molar-refractivity contribution in [2.75, 3.05) is 19.8 Å². The van der Waals surface area contributed by atoms with E-state index in [1.54, 1.807) is 0 Å². The first kappa shape index (κ1) is 14.7. The molecule has 22 heavy (non-hydrogen) atoms. The van der Waals surface area contributed by atoms with Crippen LogP contribution in [-0.2, 0) is 0 Å². The topological polar surface area (TPSA) is 53.7 Å². The van der Waals surface area contributed by atoms with E-state index < -0.39 is 0 Å². The van der Waals surface area contributed by atoms with Crippen molar-refractivity contribution in [1.82, 2.24) is 0 Å². The van der Waals surface area contributed by atoms with Gasteiger partial charge in [0.05, 0.1) is 25.9 Å². The Morgan fingerprint density at radius 2 is 1.86 bits per heavy atom. The molecular weight excluding hydrogens is 278 g/mol. The summed E-state index contributed by atoms with van der Waals surface area (Å²) in [6.07, 6.45) is 0.892. The molecule has 2 N–H and O–H groups in total. The quantitative estimate of drug-likeness (QED) is 0.941. The zero-order valence-corrected chi connectivity index (χ0v) is 12.7. The van der Waals surface area contributed by atoms with Crippen molar-refractivity contribution >= 4 is 0 Å². The predicted molar refractivity (Wildman–Crippen MR) is 85.7 cm³/mol. The summed E-state index contributed by atoms with van der Waals surface area (Å²) in [5, 5.41) is 0. The van der Waals surface area contributed by atoms with Crippen LogP contribution in [-0.4, -0.2) is 19.8 Å². The number of ether oxygens (including phenoxy) is 3. The number of fused-ring (bicyclic) bond motifs is 1. The molecule has 1 unspecified atom stereocenters. The molecule has 4 heteroatoms. The van der Waals surface area contributed by atoms with Gasteiger partial charge in [0.2, 0.25) is 0 Å². The highest BCUT2D eigenvalue weighted by molar-refractivity contribution is 5.48. The summed E-state index contributed by atoms with van der Waals surface area (Å²) in [5.41, 5.74) is 8.40. The van der Waals surface area contributed by atoms with Crippen LogP contribution in [0, 0.1) is 0 Å². The van der Waals surface area contributed by atoms with Gasteiger partial charge >= 0.3 is 0 Å². The third-order valence-electron chi connectivity index (χ3n) is 3.68. The molecule has 2 aromatic rings. The highest BCUT2D eigenvalue weighted by Gasteiger charge is 2.17. The Balaban J connectivity index is 1.92. The van der Waals surface area contributed by atoms with Crippen molar-refractivity contribution in [2.24, 2.45) is 5.73 Å². The summed E-state index contributed by atoms with van der Waals surface area (Å²) in [4.78, 5) is 0. The molecule has 0 saturated carbocycles. The van der Waals surface area contributed by atoms with Gasteiger partial charge in [-0.15, -0.1) is 0 Å². The average molecular weight is 299 g/mol. The number of nitrogens with two attached hydrogens (primary N) is 1. The third-order valence-corrected chi connectivity index (χ3v) is 3.68. The van der Waals surface area contributed by atoms with E-state index in [1.807, 2.05) is 49.4 Å². The second-order valence-corrected chi connectivity index (χ2v) is 5.21. The molecule has 0 fully saturated rings. The Kier molecular flexibility index (Phi) is 4.49. The van der Waals surface area contributed by atoms with Gasteiger partial charge in [0, 0.05) is 12.0 Å². The zero-order chi connectivity index (χ0) is 15.4. The minimum absolute atomic E-state index is 0.264. The lowest BCUT2D eigenvalue weighted by Gasteiger charge is -2.18. The largest absolute Gasteiger partial charge is 0.494 e. The monoisotopic (exact) mass is 299 g/mol. The van der Waals surface area contributed by atoms with Crippen molar-refractivity contribution in [1.29, 1.82) is 0 Å². The lowest BCUT2D eigenvalue weighted by Crippen LogP contribution is -2.13. The molecule has 4 nitrogen and oxygen atoms in total. The van der Waals surface area contributed by atoms with Crippen molar-refractivity contribution in [3.63, 3.8) is 0 Å². The van der Waals surface area contributed by atoms with Crippen LogP contribution in [0.1, 0.15) is 30.5 Å². The van der Waals surface area contributed by atoms with Crippen LogP contribution in [0.2, 0.25) is 0 Å². The van der Waals surface area contributed by atoms with Crippen molar-refractivity contribution in [3.8, 4) is 17.2 Å². The van der Waals surface area contributed by atoms with Crippen molar-refractivity contribution in [3.05, 3.63) is 53.6 Å². The fourth-order valence-electron chi connectivity index (χ4n) is 2.58. The highest BCUT2D eigenvalue weighted by atomic mass is 16.5. The van der Waals surface area contributed by atoms with Gasteiger partial charge in [-0.25, -0.2) is 0 Å². The number of para-hydroxylation sites is 1. The van der Waals surface area contributed by atoms with E-state index in [4.69, 9.17) is 19.9 Å². The summed E-state index contributed by atoms with van der Waals surface area (Å²) in [6.45, 7) is 3.94. The first-order chi connectivity index (χ1) is 10.8. The van der Waals surface area contributed by atoms with E-state index in [2.05, 4.69) is 0 Å². The van der Waals surface area contributed by atoms with Gasteiger partial charge in [-0.2, -0.15) is 0 Å². The molecule has 3 rings (SSSR count). The van der Waals surface area contributed by atoms with Gasteiger partial charge < -0.3 is 19.9 Å². The van der Waals surface area contributed by atoms with Crippen LogP contribution < -0.4 is 19.9 Å². The summed E-state index contributed by atoms with van der Waals surface area (Å²) in [7, 11) is 0. The molecule has 1 aliphatic rings. The van der Waals surface area contributed by atoms with Crippen LogP contribution in [0.25, 0.3) is 0 Å². The standard InChI is InChI=1S/C18H21NO3/c1-2-20-15-7-4-3-6-14(15)18(19)13-8-9-16-17(12-13)22-11-5-10-21-16/h3-4,6-9,12,18H,2,5,10-11,19H2,1H3. The van der Waals surface area contributed by atoms with Crippen LogP contribution in [0.4, 0.5) is 0 Å². The minimum atomic E-state index is -0.264. The van der Waals surface area contributed by atoms with Gasteiger partial charge in [-0.3, -0.25) is 0 Å². The maximum Gasteiger partial charge on any atom is 0.161 e. The van der Waals surface area contributed by atoms with E-state index in [0.717, 1.165) is 34.8 Å². The molecule has 0 saturated heterocycles. The summed E-state index contributed by atoms with van der Waals surface area (Å²) in [6, 6.07) is 13.5. The van der Waals surface area contributed by atoms with E-state index in [9.17, 15) is 0 Å². The van der Waals surface area contributed by atoms with Gasteiger partial charge in [-0.1, -0.05) is 24.3 Å². The lowest BCUT2D eigenvalue weighted by molar-refractivity contribution is 0.297. The van der Waals surface area contributed by atoms with E-state index in [1.165, 1.54) is 0 Å². The Labute approximate surface area is 130 Å². The van der Waals surface area contributed by atoms with Crippen LogP contribution >= 0.6 is 0 Å². The zero-order valence-electron chi connectivity index (χ0n) is 12.7. The van der Waals surface area contributed by atoms with Gasteiger partial charge in [0.15, 0.2) is 11.5 Å². The maximum absolute atomic E-state index is 6.44. The van der Waals surface area contributed by atoms with E-state index in [0.29, 0.717) is 19.8 Å². The second-order valence-electron chi connectivity index (χ2n) is 5.21. The molecule has 0 spiro atoms. The molecule has 0 amide bonds. The molecule has 2 aromatic carbocycles. The molecule has 0 radical (unpaired) electrons. The Morgan fingerprint density at radius 1 is 1.09 bits per heavy atom. The van der Waals surface area contributed by atoms with Crippen LogP contribution in [0.15, 0.2) is 42.5 Å². The SMILES string of the molecule is CCOc1ccccc1C(N)c1ccc2c(c1)OCCCO2. The fraction of sp³-hybridized carbons (Fsp3) is 0.333. The smallest absolute Gasteiger partial charge is 0.161 e. The van der Waals surface area contributed by atoms with E-state index in [-0.39, 0.29) is 6.04 Å². The Morgan fingerprint density at radius 3 is 2.68 bits per heavy atom. The maximum atomic E-state index is 6.44. The first-order valence-electron chi connectivity index (χ1n) is 7.66. The Bertz CT molecular complexity index is 642. The molecule has 1 atom stereocenters. The average Bonchev–Trinajstić information content (AvgIpc) is 2.79. The number of hydrogen-bond donors (Lipinski definition) is 1. The Hall–Kier alpha value is -2.20. The molecule has 0 aromatic heterocycles. The number of hydrogen-bond acceptors (Lipinski definition) is 4. The molecule has 1 heterocycles. The second kappa shape index (κ2) is 6.71. The summed E-state index contributed by atoms with van der Waals surface area (Å²) >= 11 is 0. The number of benzene rings is 2. The molecule has 1 aliphatic heterocycles. The van der Waals surface area contributed by atoms with Gasteiger partial charge in [0.1, 0.15) is 5.75 Å². The lowest BCUT2D eigenvalue weighted by atomic mass is 9.98. The summed E-state index contributed by atoms with van der Waals surface area (Å²) in [5.74, 6) is 2.37. The van der Waals surface area contributed by atoms with Gasteiger partial charge in [0.25, 0.3) is 0 Å². The first-order valence-corrected chi connectivity index (χ1v) is 7.66. The number of rotatable bonds is 4. The molecular formula is C18H21NO3. The minimum Gasteiger partial charge on any atom is -0.494 e. The molecule has 0 aliphatic carbocycles. The molecule has 0 bridgehead atoms. The van der Waals surface area contributed by atoms with Crippen LogP contribution in [0.3, 0.4) is 0 Å². The van der Waals surface area contributed by atoms with E-state index >= 15 is 0 Å². The molecule has 116 valence electrons. The van der Waals surface area contributed by atoms with Gasteiger partial charge in [-0.05, 0) is 30.7 Å². The highest BCUT2D eigenvalue weighted by Crippen LogP contribution is 2.35. The predicted octanol–water partition coefficient (Wildman–Crippen LogP) is 3.29. The normalized spacial score (nSPS) is 15.0. The summed E-state index contributed by atoms with van der Waals surface area (Å²) < 4.78 is 17.1. The third kappa shape index (κ3) is 3.02. The van der Waals surface area contributed by atoms with Crippen molar-refractivity contribution < 1.29 is 14.2 Å².